The van der Waals surface area contributed by atoms with Gasteiger partial charge in [-0.2, -0.15) is 0 Å². The topological polar surface area (TPSA) is 89.0 Å². The number of pyridine rings is 1. The lowest BCUT2D eigenvalue weighted by molar-refractivity contribution is -0.122. The number of carbonyl (C=O) groups is 1. The molecule has 7 nitrogen and oxygen atoms in total. The number of ether oxygens (including phenoxy) is 1. The number of hydrogen-bond acceptors (Lipinski definition) is 6. The molecular formula is C25H23N5O2. The maximum Gasteiger partial charge on any atom is 0.265 e. The van der Waals surface area contributed by atoms with Crippen molar-refractivity contribution in [2.24, 2.45) is 0 Å². The lowest BCUT2D eigenvalue weighted by atomic mass is 10.1. The number of rotatable bonds is 7. The van der Waals surface area contributed by atoms with Gasteiger partial charge in [0.2, 0.25) is 5.95 Å². The van der Waals surface area contributed by atoms with Crippen molar-refractivity contribution >= 4 is 23.2 Å². The van der Waals surface area contributed by atoms with Crippen LogP contribution in [-0.2, 0) is 4.79 Å². The van der Waals surface area contributed by atoms with E-state index in [1.165, 1.54) is 0 Å². The van der Waals surface area contributed by atoms with Gasteiger partial charge in [0.15, 0.2) is 6.10 Å². The summed E-state index contributed by atoms with van der Waals surface area (Å²) in [5.74, 6) is 0.865. The molecule has 2 N–H and O–H groups in total. The number of carbonyl (C=O) groups excluding carboxylic acids is 1. The minimum Gasteiger partial charge on any atom is -0.481 e. The van der Waals surface area contributed by atoms with Crippen molar-refractivity contribution in [3.05, 3.63) is 90.9 Å². The van der Waals surface area contributed by atoms with Crippen LogP contribution in [0.25, 0.3) is 11.3 Å². The molecule has 0 bridgehead atoms. The molecule has 1 amide bonds. The number of aromatic nitrogens is 3. The Balaban J connectivity index is 1.47. The van der Waals surface area contributed by atoms with E-state index in [0.717, 1.165) is 22.5 Å². The number of aryl methyl sites for hydroxylation is 1. The minimum absolute atomic E-state index is 0.238. The van der Waals surface area contributed by atoms with Crippen LogP contribution in [0.3, 0.4) is 0 Å². The van der Waals surface area contributed by atoms with E-state index in [0.29, 0.717) is 17.4 Å². The standard InChI is InChI=1S/C25H23N5O2/c1-17-10-11-20(28-24(31)18(2)32-21-8-4-3-5-9-21)15-23(17)30-25-27-14-12-22(29-25)19-7-6-13-26-16-19/h3-16,18H,1-2H3,(H,28,31)(H,27,29,30)/t18-/m0/s1. The van der Waals surface area contributed by atoms with E-state index in [-0.39, 0.29) is 5.91 Å². The maximum absolute atomic E-state index is 12.6. The number of para-hydroxylation sites is 1. The second-order valence-corrected chi connectivity index (χ2v) is 7.22. The highest BCUT2D eigenvalue weighted by Gasteiger charge is 2.15. The highest BCUT2D eigenvalue weighted by molar-refractivity contribution is 5.94. The fourth-order valence-electron chi connectivity index (χ4n) is 3.05. The number of hydrogen-bond donors (Lipinski definition) is 2. The van der Waals surface area contributed by atoms with Gasteiger partial charge in [-0.3, -0.25) is 9.78 Å². The Labute approximate surface area is 186 Å². The van der Waals surface area contributed by atoms with Crippen LogP contribution in [0, 0.1) is 6.92 Å². The molecule has 0 aliphatic heterocycles. The summed E-state index contributed by atoms with van der Waals surface area (Å²) in [7, 11) is 0. The molecule has 0 radical (unpaired) electrons. The van der Waals surface area contributed by atoms with E-state index in [4.69, 9.17) is 4.74 Å². The van der Waals surface area contributed by atoms with Crippen LogP contribution in [0.1, 0.15) is 12.5 Å². The lowest BCUT2D eigenvalue weighted by Crippen LogP contribution is -2.30. The summed E-state index contributed by atoms with van der Waals surface area (Å²) < 4.78 is 5.70. The third-order valence-corrected chi connectivity index (χ3v) is 4.79. The van der Waals surface area contributed by atoms with E-state index >= 15 is 0 Å². The first kappa shape index (κ1) is 21.0. The van der Waals surface area contributed by atoms with E-state index in [9.17, 15) is 4.79 Å². The van der Waals surface area contributed by atoms with Gasteiger partial charge < -0.3 is 15.4 Å². The molecule has 0 saturated carbocycles. The first-order valence-electron chi connectivity index (χ1n) is 10.2. The Bertz CT molecular complexity index is 1200. The van der Waals surface area contributed by atoms with E-state index < -0.39 is 6.10 Å². The van der Waals surface area contributed by atoms with Gasteiger partial charge >= 0.3 is 0 Å². The van der Waals surface area contributed by atoms with Gasteiger partial charge in [0, 0.05) is 35.5 Å². The molecule has 0 spiro atoms. The Morgan fingerprint density at radius 1 is 1.00 bits per heavy atom. The second kappa shape index (κ2) is 9.70. The zero-order valence-corrected chi connectivity index (χ0v) is 17.8. The quantitative estimate of drug-likeness (QED) is 0.433. The van der Waals surface area contributed by atoms with Crippen LogP contribution < -0.4 is 15.4 Å². The molecular weight excluding hydrogens is 402 g/mol. The summed E-state index contributed by atoms with van der Waals surface area (Å²) in [6, 6.07) is 20.5. The lowest BCUT2D eigenvalue weighted by Gasteiger charge is -2.16. The van der Waals surface area contributed by atoms with E-state index in [1.807, 2.05) is 73.7 Å². The van der Waals surface area contributed by atoms with Gasteiger partial charge in [0.05, 0.1) is 5.69 Å². The van der Waals surface area contributed by atoms with Crippen LogP contribution in [0.2, 0.25) is 0 Å². The van der Waals surface area contributed by atoms with Crippen LogP contribution in [0.5, 0.6) is 5.75 Å². The first-order chi connectivity index (χ1) is 15.6. The summed E-state index contributed by atoms with van der Waals surface area (Å²) in [6.45, 7) is 3.69. The largest absolute Gasteiger partial charge is 0.481 e. The Morgan fingerprint density at radius 3 is 2.62 bits per heavy atom. The van der Waals surface area contributed by atoms with Crippen molar-refractivity contribution in [3.8, 4) is 17.0 Å². The molecule has 1 atom stereocenters. The van der Waals surface area contributed by atoms with Crippen molar-refractivity contribution in [2.45, 2.75) is 20.0 Å². The van der Waals surface area contributed by atoms with Gasteiger partial charge in [-0.05, 0) is 61.9 Å². The van der Waals surface area contributed by atoms with Gasteiger partial charge in [0.1, 0.15) is 5.75 Å². The van der Waals surface area contributed by atoms with Gasteiger partial charge in [0.25, 0.3) is 5.91 Å². The van der Waals surface area contributed by atoms with Crippen LogP contribution in [0.4, 0.5) is 17.3 Å². The fraction of sp³-hybridized carbons (Fsp3) is 0.120. The van der Waals surface area contributed by atoms with Crippen LogP contribution in [0.15, 0.2) is 85.3 Å². The molecule has 160 valence electrons. The number of benzene rings is 2. The summed E-state index contributed by atoms with van der Waals surface area (Å²) >= 11 is 0. The van der Waals surface area contributed by atoms with Crippen molar-refractivity contribution < 1.29 is 9.53 Å². The molecule has 2 aromatic carbocycles. The number of anilines is 3. The summed E-state index contributed by atoms with van der Waals surface area (Å²) in [5, 5.41) is 6.14. The minimum atomic E-state index is -0.644. The number of nitrogens with one attached hydrogen (secondary N) is 2. The highest BCUT2D eigenvalue weighted by Crippen LogP contribution is 2.24. The number of nitrogens with zero attached hydrogens (tertiary/aromatic N) is 3. The zero-order chi connectivity index (χ0) is 22.3. The van der Waals surface area contributed by atoms with Crippen LogP contribution in [-0.4, -0.2) is 27.0 Å². The monoisotopic (exact) mass is 425 g/mol. The zero-order valence-electron chi connectivity index (χ0n) is 17.8. The molecule has 4 rings (SSSR count). The molecule has 0 unspecified atom stereocenters. The maximum atomic E-state index is 12.6. The molecule has 32 heavy (non-hydrogen) atoms. The molecule has 0 saturated heterocycles. The third-order valence-electron chi connectivity index (χ3n) is 4.79. The molecule has 2 heterocycles. The SMILES string of the molecule is Cc1ccc(NC(=O)[C@H](C)Oc2ccccc2)cc1Nc1nccc(-c2cccnc2)n1. The van der Waals surface area contributed by atoms with Gasteiger partial charge in [-0.25, -0.2) is 9.97 Å². The van der Waals surface area contributed by atoms with Crippen molar-refractivity contribution in [3.63, 3.8) is 0 Å². The molecule has 0 aliphatic rings. The molecule has 7 heteroatoms. The first-order valence-corrected chi connectivity index (χ1v) is 10.2. The van der Waals surface area contributed by atoms with Gasteiger partial charge in [-0.1, -0.05) is 24.3 Å². The Kier molecular flexibility index (Phi) is 6.36. The van der Waals surface area contributed by atoms with Crippen molar-refractivity contribution in [1.29, 1.82) is 0 Å². The van der Waals surface area contributed by atoms with E-state index in [2.05, 4.69) is 25.6 Å². The summed E-state index contributed by atoms with van der Waals surface area (Å²) in [4.78, 5) is 25.6. The Hall–Kier alpha value is -4.26. The molecule has 0 aliphatic carbocycles. The predicted molar refractivity (Wildman–Crippen MR) is 125 cm³/mol. The number of amides is 1. The smallest absolute Gasteiger partial charge is 0.265 e. The van der Waals surface area contributed by atoms with Crippen LogP contribution >= 0.6 is 0 Å². The second-order valence-electron chi connectivity index (χ2n) is 7.22. The average molecular weight is 425 g/mol. The molecule has 4 aromatic rings. The fourth-order valence-corrected chi connectivity index (χ4v) is 3.05. The van der Waals surface area contributed by atoms with E-state index in [1.54, 1.807) is 25.5 Å². The van der Waals surface area contributed by atoms with Gasteiger partial charge in [-0.15, -0.1) is 0 Å². The van der Waals surface area contributed by atoms with Crippen molar-refractivity contribution in [1.82, 2.24) is 15.0 Å². The third kappa shape index (κ3) is 5.26. The predicted octanol–water partition coefficient (Wildman–Crippen LogP) is 5.00. The summed E-state index contributed by atoms with van der Waals surface area (Å²) in [6.07, 6.45) is 4.53. The normalized spacial score (nSPS) is 11.4. The Morgan fingerprint density at radius 2 is 1.84 bits per heavy atom. The summed E-state index contributed by atoms with van der Waals surface area (Å²) in [5.41, 5.74) is 4.11. The molecule has 0 fully saturated rings. The van der Waals surface area contributed by atoms with Crippen molar-refractivity contribution in [2.75, 3.05) is 10.6 Å². The molecule has 2 aromatic heterocycles. The highest BCUT2D eigenvalue weighted by atomic mass is 16.5. The average Bonchev–Trinajstić information content (AvgIpc) is 2.82.